The minimum atomic E-state index is -0.608. The molecule has 0 spiro atoms. The van der Waals surface area contributed by atoms with Gasteiger partial charge in [-0.15, -0.1) is 0 Å². The van der Waals surface area contributed by atoms with Crippen LogP contribution < -0.4 is 19.5 Å². The van der Waals surface area contributed by atoms with Crippen molar-refractivity contribution in [1.29, 1.82) is 0 Å². The smallest absolute Gasteiger partial charge is 0.265 e. The number of benzene rings is 2. The van der Waals surface area contributed by atoms with Gasteiger partial charge >= 0.3 is 0 Å². The van der Waals surface area contributed by atoms with Crippen molar-refractivity contribution in [2.75, 3.05) is 12.4 Å². The van der Waals surface area contributed by atoms with Gasteiger partial charge in [0, 0.05) is 5.69 Å². The number of para-hydroxylation sites is 2. The maximum Gasteiger partial charge on any atom is 0.265 e. The van der Waals surface area contributed by atoms with Crippen molar-refractivity contribution in [3.8, 4) is 17.2 Å². The molecule has 0 aromatic heterocycles. The van der Waals surface area contributed by atoms with Crippen molar-refractivity contribution in [3.63, 3.8) is 0 Å². The Morgan fingerprint density at radius 1 is 1.00 bits per heavy atom. The van der Waals surface area contributed by atoms with Gasteiger partial charge in [-0.05, 0) is 56.7 Å². The first-order valence-corrected chi connectivity index (χ1v) is 8.40. The molecule has 1 amide bonds. The molecule has 0 aliphatic heterocycles. The third-order valence-electron chi connectivity index (χ3n) is 3.50. The first-order chi connectivity index (χ1) is 12.0. The molecule has 5 nitrogen and oxygen atoms in total. The molecule has 0 fully saturated rings. The van der Waals surface area contributed by atoms with Crippen molar-refractivity contribution in [2.45, 2.75) is 39.4 Å². The summed E-state index contributed by atoms with van der Waals surface area (Å²) >= 11 is 0. The number of hydrogen-bond acceptors (Lipinski definition) is 4. The van der Waals surface area contributed by atoms with E-state index >= 15 is 0 Å². The maximum absolute atomic E-state index is 12.5. The zero-order chi connectivity index (χ0) is 18.2. The van der Waals surface area contributed by atoms with Crippen LogP contribution in [0.3, 0.4) is 0 Å². The summed E-state index contributed by atoms with van der Waals surface area (Å²) in [6.45, 7) is 5.84. The van der Waals surface area contributed by atoms with Crippen LogP contribution in [0.25, 0.3) is 0 Å². The molecule has 2 aromatic carbocycles. The van der Waals surface area contributed by atoms with E-state index in [0.717, 1.165) is 5.75 Å². The van der Waals surface area contributed by atoms with E-state index in [0.29, 0.717) is 23.6 Å². The van der Waals surface area contributed by atoms with E-state index in [-0.39, 0.29) is 12.0 Å². The van der Waals surface area contributed by atoms with Crippen LogP contribution in [0.4, 0.5) is 5.69 Å². The normalized spacial score (nSPS) is 11.7. The third-order valence-corrected chi connectivity index (χ3v) is 3.50. The van der Waals surface area contributed by atoms with Crippen LogP contribution in [0.15, 0.2) is 48.5 Å². The van der Waals surface area contributed by atoms with Crippen LogP contribution in [-0.2, 0) is 4.79 Å². The first kappa shape index (κ1) is 18.6. The number of nitrogens with one attached hydrogen (secondary N) is 1. The lowest BCUT2D eigenvalue weighted by Crippen LogP contribution is -2.32. The van der Waals surface area contributed by atoms with E-state index in [4.69, 9.17) is 14.2 Å². The van der Waals surface area contributed by atoms with Gasteiger partial charge in [0.1, 0.15) is 5.75 Å². The van der Waals surface area contributed by atoms with Crippen molar-refractivity contribution >= 4 is 11.6 Å². The van der Waals surface area contributed by atoms with Crippen LogP contribution in [-0.4, -0.2) is 25.2 Å². The highest BCUT2D eigenvalue weighted by molar-refractivity contribution is 5.94. The molecular weight excluding hydrogens is 318 g/mol. The lowest BCUT2D eigenvalue weighted by atomic mass is 10.2. The number of ether oxygens (including phenoxy) is 3. The standard InChI is InChI=1S/C20H25NO4/c1-5-17(25-19-9-7-6-8-18(19)23-4)20(22)21-15-10-12-16(13-11-15)24-14(2)3/h6-14,17H,5H2,1-4H3,(H,21,22)/t17-/m0/s1. The van der Waals surface area contributed by atoms with Crippen LogP contribution in [0.1, 0.15) is 27.2 Å². The highest BCUT2D eigenvalue weighted by atomic mass is 16.5. The first-order valence-electron chi connectivity index (χ1n) is 8.40. The highest BCUT2D eigenvalue weighted by Gasteiger charge is 2.20. The van der Waals surface area contributed by atoms with E-state index < -0.39 is 6.10 Å². The van der Waals surface area contributed by atoms with Crippen molar-refractivity contribution < 1.29 is 19.0 Å². The Bertz CT molecular complexity index is 682. The average Bonchev–Trinajstić information content (AvgIpc) is 2.61. The van der Waals surface area contributed by atoms with Gasteiger partial charge in [0.05, 0.1) is 13.2 Å². The molecule has 0 bridgehead atoms. The maximum atomic E-state index is 12.5. The quantitative estimate of drug-likeness (QED) is 0.777. The Morgan fingerprint density at radius 3 is 2.20 bits per heavy atom. The molecular formula is C20H25NO4. The summed E-state index contributed by atoms with van der Waals surface area (Å²) < 4.78 is 16.7. The van der Waals surface area contributed by atoms with E-state index in [2.05, 4.69) is 5.32 Å². The van der Waals surface area contributed by atoms with Gasteiger partial charge in [-0.3, -0.25) is 4.79 Å². The average molecular weight is 343 g/mol. The number of hydrogen-bond donors (Lipinski definition) is 1. The summed E-state index contributed by atoms with van der Waals surface area (Å²) in [6, 6.07) is 14.6. The molecule has 25 heavy (non-hydrogen) atoms. The topological polar surface area (TPSA) is 56.8 Å². The predicted molar refractivity (Wildman–Crippen MR) is 98.5 cm³/mol. The number of rotatable bonds is 8. The fraction of sp³-hybridized carbons (Fsp3) is 0.350. The number of amides is 1. The molecule has 1 N–H and O–H groups in total. The van der Waals surface area contributed by atoms with Crippen molar-refractivity contribution in [2.24, 2.45) is 0 Å². The summed E-state index contributed by atoms with van der Waals surface area (Å²) in [5.74, 6) is 1.72. The second-order valence-electron chi connectivity index (χ2n) is 5.85. The van der Waals surface area contributed by atoms with Crippen LogP contribution >= 0.6 is 0 Å². The molecule has 1 atom stereocenters. The molecule has 5 heteroatoms. The van der Waals surface area contributed by atoms with Crippen molar-refractivity contribution in [3.05, 3.63) is 48.5 Å². The number of carbonyl (C=O) groups excluding carboxylic acids is 1. The fourth-order valence-electron chi connectivity index (χ4n) is 2.30. The summed E-state index contributed by atoms with van der Waals surface area (Å²) in [7, 11) is 1.57. The lowest BCUT2D eigenvalue weighted by Gasteiger charge is -2.19. The molecule has 134 valence electrons. The minimum absolute atomic E-state index is 0.110. The van der Waals surface area contributed by atoms with Gasteiger partial charge in [0.15, 0.2) is 17.6 Å². The van der Waals surface area contributed by atoms with E-state index in [1.807, 2.05) is 57.2 Å². The molecule has 0 radical (unpaired) electrons. The van der Waals surface area contributed by atoms with Gasteiger partial charge < -0.3 is 19.5 Å². The van der Waals surface area contributed by atoms with Crippen LogP contribution in [0.2, 0.25) is 0 Å². The van der Waals surface area contributed by atoms with E-state index in [1.54, 1.807) is 19.2 Å². The monoisotopic (exact) mass is 343 g/mol. The van der Waals surface area contributed by atoms with Crippen LogP contribution in [0.5, 0.6) is 17.2 Å². The minimum Gasteiger partial charge on any atom is -0.493 e. The summed E-state index contributed by atoms with van der Waals surface area (Å²) in [4.78, 5) is 12.5. The van der Waals surface area contributed by atoms with Gasteiger partial charge in [0.2, 0.25) is 0 Å². The van der Waals surface area contributed by atoms with Crippen LogP contribution in [0, 0.1) is 0 Å². The van der Waals surface area contributed by atoms with E-state index in [9.17, 15) is 4.79 Å². The Hall–Kier alpha value is -2.69. The molecule has 0 aliphatic rings. The molecule has 0 saturated carbocycles. The SMILES string of the molecule is CC[C@H](Oc1ccccc1OC)C(=O)Nc1ccc(OC(C)C)cc1. The zero-order valence-corrected chi connectivity index (χ0v) is 15.1. The van der Waals surface area contributed by atoms with Gasteiger partial charge in [0.25, 0.3) is 5.91 Å². The zero-order valence-electron chi connectivity index (χ0n) is 15.1. The molecule has 0 unspecified atom stereocenters. The molecule has 0 heterocycles. The Kier molecular flexibility index (Phi) is 6.69. The van der Waals surface area contributed by atoms with Gasteiger partial charge in [-0.1, -0.05) is 19.1 Å². The largest absolute Gasteiger partial charge is 0.493 e. The number of methoxy groups -OCH3 is 1. The number of carbonyl (C=O) groups is 1. The Balaban J connectivity index is 2.02. The fourth-order valence-corrected chi connectivity index (χ4v) is 2.30. The lowest BCUT2D eigenvalue weighted by molar-refractivity contribution is -0.122. The second-order valence-corrected chi connectivity index (χ2v) is 5.85. The summed E-state index contributed by atoms with van der Waals surface area (Å²) in [6.07, 6.45) is 0.0420. The highest BCUT2D eigenvalue weighted by Crippen LogP contribution is 2.27. The Labute approximate surface area is 148 Å². The predicted octanol–water partition coefficient (Wildman–Crippen LogP) is 4.28. The summed E-state index contributed by atoms with van der Waals surface area (Å²) in [5.41, 5.74) is 0.697. The van der Waals surface area contributed by atoms with Gasteiger partial charge in [-0.25, -0.2) is 0 Å². The molecule has 2 aromatic rings. The van der Waals surface area contributed by atoms with E-state index in [1.165, 1.54) is 0 Å². The summed E-state index contributed by atoms with van der Waals surface area (Å²) in [5, 5.41) is 2.87. The van der Waals surface area contributed by atoms with Crippen molar-refractivity contribution in [1.82, 2.24) is 0 Å². The molecule has 2 rings (SSSR count). The molecule has 0 saturated heterocycles. The Morgan fingerprint density at radius 2 is 1.64 bits per heavy atom. The third kappa shape index (κ3) is 5.41. The second kappa shape index (κ2) is 8.97. The van der Waals surface area contributed by atoms with Gasteiger partial charge in [-0.2, -0.15) is 0 Å². The molecule has 0 aliphatic carbocycles. The number of anilines is 1.